The van der Waals surface area contributed by atoms with Gasteiger partial charge < -0.3 is 11.1 Å². The van der Waals surface area contributed by atoms with Gasteiger partial charge in [0.25, 0.3) is 0 Å². The van der Waals surface area contributed by atoms with E-state index in [9.17, 15) is 4.79 Å². The molecule has 0 saturated heterocycles. The van der Waals surface area contributed by atoms with Crippen LogP contribution in [-0.2, 0) is 0 Å². The van der Waals surface area contributed by atoms with Gasteiger partial charge in [-0.15, -0.1) is 9.78 Å². The Morgan fingerprint density at radius 1 is 1.77 bits per heavy atom. The van der Waals surface area contributed by atoms with Crippen LogP contribution in [-0.4, -0.2) is 27.3 Å². The van der Waals surface area contributed by atoms with Gasteiger partial charge in [-0.05, 0) is 6.42 Å². The van der Waals surface area contributed by atoms with E-state index >= 15 is 0 Å². The molecule has 0 aromatic carbocycles. The largest absolute Gasteiger partial charge is 0.368 e. The highest BCUT2D eigenvalue weighted by Gasteiger charge is 2.07. The SMILES string of the molecule is CCCCNC(=O)n1ncnc1N. The lowest BCUT2D eigenvalue weighted by Gasteiger charge is -2.03. The first-order valence-electron chi connectivity index (χ1n) is 4.19. The Kier molecular flexibility index (Phi) is 3.24. The lowest BCUT2D eigenvalue weighted by molar-refractivity contribution is 0.240. The fourth-order valence-electron chi connectivity index (χ4n) is 0.854. The summed E-state index contributed by atoms with van der Waals surface area (Å²) in [6, 6.07) is -0.330. The zero-order chi connectivity index (χ0) is 9.68. The minimum Gasteiger partial charge on any atom is -0.368 e. The summed E-state index contributed by atoms with van der Waals surface area (Å²) in [7, 11) is 0. The number of anilines is 1. The van der Waals surface area contributed by atoms with Gasteiger partial charge >= 0.3 is 6.03 Å². The summed E-state index contributed by atoms with van der Waals surface area (Å²) >= 11 is 0. The minimum absolute atomic E-state index is 0.106. The van der Waals surface area contributed by atoms with Gasteiger partial charge in [0.1, 0.15) is 6.33 Å². The first kappa shape index (κ1) is 9.50. The van der Waals surface area contributed by atoms with Gasteiger partial charge in [-0.2, -0.15) is 4.98 Å². The van der Waals surface area contributed by atoms with E-state index in [-0.39, 0.29) is 12.0 Å². The normalized spacial score (nSPS) is 9.92. The van der Waals surface area contributed by atoms with Crippen LogP contribution in [0.3, 0.4) is 0 Å². The van der Waals surface area contributed by atoms with Crippen molar-refractivity contribution in [1.29, 1.82) is 0 Å². The third-order valence-corrected chi connectivity index (χ3v) is 1.57. The standard InChI is InChI=1S/C7H13N5O/c1-2-3-4-9-7(13)12-6(8)10-5-11-12/h5H,2-4H2,1H3,(H,9,13)(H2,8,10,11). The van der Waals surface area contributed by atoms with Gasteiger partial charge in [0, 0.05) is 6.54 Å². The van der Waals surface area contributed by atoms with Crippen LogP contribution < -0.4 is 11.1 Å². The van der Waals surface area contributed by atoms with E-state index in [0.29, 0.717) is 6.54 Å². The average Bonchev–Trinajstić information content (AvgIpc) is 2.52. The van der Waals surface area contributed by atoms with Gasteiger partial charge in [-0.3, -0.25) is 0 Å². The molecule has 72 valence electrons. The first-order chi connectivity index (χ1) is 6.25. The van der Waals surface area contributed by atoms with Crippen LogP contribution in [0.15, 0.2) is 6.33 Å². The van der Waals surface area contributed by atoms with E-state index in [0.717, 1.165) is 17.5 Å². The Balaban J connectivity index is 2.45. The lowest BCUT2D eigenvalue weighted by Crippen LogP contribution is -2.31. The van der Waals surface area contributed by atoms with Gasteiger partial charge in [0.05, 0.1) is 0 Å². The van der Waals surface area contributed by atoms with E-state index in [1.807, 2.05) is 0 Å². The van der Waals surface area contributed by atoms with Crippen LogP contribution in [0.2, 0.25) is 0 Å². The fourth-order valence-corrected chi connectivity index (χ4v) is 0.854. The summed E-state index contributed by atoms with van der Waals surface area (Å²) in [5, 5.41) is 6.33. The Hall–Kier alpha value is -1.59. The van der Waals surface area contributed by atoms with E-state index in [4.69, 9.17) is 5.73 Å². The molecule has 0 atom stereocenters. The monoisotopic (exact) mass is 183 g/mol. The highest BCUT2D eigenvalue weighted by Crippen LogP contribution is 1.93. The van der Waals surface area contributed by atoms with Crippen molar-refractivity contribution in [1.82, 2.24) is 20.1 Å². The van der Waals surface area contributed by atoms with Gasteiger partial charge in [0.2, 0.25) is 5.95 Å². The molecule has 1 aromatic heterocycles. The van der Waals surface area contributed by atoms with Crippen LogP contribution >= 0.6 is 0 Å². The average molecular weight is 183 g/mol. The summed E-state index contributed by atoms with van der Waals surface area (Å²) in [6.45, 7) is 2.69. The predicted octanol–water partition coefficient (Wildman–Crippen LogP) is 0.218. The van der Waals surface area contributed by atoms with Crippen molar-refractivity contribution in [3.8, 4) is 0 Å². The molecule has 0 aliphatic heterocycles. The second-order valence-corrected chi connectivity index (χ2v) is 2.62. The maximum absolute atomic E-state index is 11.3. The summed E-state index contributed by atoms with van der Waals surface area (Å²) < 4.78 is 1.04. The number of nitrogen functional groups attached to an aromatic ring is 1. The van der Waals surface area contributed by atoms with Gasteiger partial charge in [-0.1, -0.05) is 13.3 Å². The molecule has 1 rings (SSSR count). The molecule has 0 bridgehead atoms. The molecule has 0 saturated carbocycles. The van der Waals surface area contributed by atoms with Crippen LogP contribution in [0, 0.1) is 0 Å². The van der Waals surface area contributed by atoms with E-state index in [2.05, 4.69) is 22.3 Å². The molecule has 0 aliphatic rings. The second kappa shape index (κ2) is 4.44. The molecule has 3 N–H and O–H groups in total. The lowest BCUT2D eigenvalue weighted by atomic mass is 10.3. The molecule has 6 heteroatoms. The molecule has 1 aromatic rings. The molecule has 6 nitrogen and oxygen atoms in total. The van der Waals surface area contributed by atoms with Crippen LogP contribution in [0.1, 0.15) is 19.8 Å². The molecule has 1 amide bonds. The zero-order valence-electron chi connectivity index (χ0n) is 7.53. The number of nitrogens with two attached hydrogens (primary N) is 1. The quantitative estimate of drug-likeness (QED) is 0.656. The molecule has 0 spiro atoms. The maximum atomic E-state index is 11.3. The summed E-state index contributed by atoms with van der Waals surface area (Å²) in [4.78, 5) is 14.9. The highest BCUT2D eigenvalue weighted by atomic mass is 16.2. The van der Waals surface area contributed by atoms with E-state index in [1.54, 1.807) is 0 Å². The van der Waals surface area contributed by atoms with E-state index < -0.39 is 0 Å². The number of aromatic nitrogens is 3. The van der Waals surface area contributed by atoms with Gasteiger partial charge in [0.15, 0.2) is 0 Å². The predicted molar refractivity (Wildman–Crippen MR) is 48.1 cm³/mol. The summed E-state index contributed by atoms with van der Waals surface area (Å²) in [6.07, 6.45) is 3.22. The number of nitrogens with zero attached hydrogens (tertiary/aromatic N) is 3. The van der Waals surface area contributed by atoms with Crippen molar-refractivity contribution < 1.29 is 4.79 Å². The van der Waals surface area contributed by atoms with Crippen molar-refractivity contribution in [2.75, 3.05) is 12.3 Å². The first-order valence-corrected chi connectivity index (χ1v) is 4.19. The Bertz CT molecular complexity index is 282. The summed E-state index contributed by atoms with van der Waals surface area (Å²) in [5.74, 6) is 0.106. The molecule has 13 heavy (non-hydrogen) atoms. The Morgan fingerprint density at radius 3 is 3.08 bits per heavy atom. The molecule has 0 fully saturated rings. The number of carbonyl (C=O) groups is 1. The smallest absolute Gasteiger partial charge is 0.345 e. The molecule has 1 heterocycles. The van der Waals surface area contributed by atoms with Crippen molar-refractivity contribution in [2.24, 2.45) is 0 Å². The number of carbonyl (C=O) groups excluding carboxylic acids is 1. The number of unbranched alkanes of at least 4 members (excludes halogenated alkanes) is 1. The number of nitrogens with one attached hydrogen (secondary N) is 1. The topological polar surface area (TPSA) is 85.8 Å². The highest BCUT2D eigenvalue weighted by molar-refractivity contribution is 5.77. The molecule has 0 aliphatic carbocycles. The number of rotatable bonds is 3. The van der Waals surface area contributed by atoms with Gasteiger partial charge in [-0.25, -0.2) is 4.79 Å². The maximum Gasteiger partial charge on any atom is 0.345 e. The van der Waals surface area contributed by atoms with Crippen LogP contribution in [0.4, 0.5) is 10.7 Å². The molecular formula is C7H13N5O. The van der Waals surface area contributed by atoms with Crippen molar-refractivity contribution in [3.63, 3.8) is 0 Å². The van der Waals surface area contributed by atoms with E-state index in [1.165, 1.54) is 6.33 Å². The third-order valence-electron chi connectivity index (χ3n) is 1.57. The molecule has 0 radical (unpaired) electrons. The number of hydrogen-bond acceptors (Lipinski definition) is 4. The fraction of sp³-hybridized carbons (Fsp3) is 0.571. The molecular weight excluding hydrogens is 170 g/mol. The van der Waals surface area contributed by atoms with Crippen molar-refractivity contribution in [2.45, 2.75) is 19.8 Å². The van der Waals surface area contributed by atoms with Crippen molar-refractivity contribution >= 4 is 12.0 Å². The Morgan fingerprint density at radius 2 is 2.54 bits per heavy atom. The number of hydrogen-bond donors (Lipinski definition) is 2. The Labute approximate surface area is 76.1 Å². The van der Waals surface area contributed by atoms with Crippen LogP contribution in [0.25, 0.3) is 0 Å². The molecule has 0 unspecified atom stereocenters. The van der Waals surface area contributed by atoms with Crippen LogP contribution in [0.5, 0.6) is 0 Å². The summed E-state index contributed by atoms with van der Waals surface area (Å²) in [5.41, 5.74) is 5.37. The second-order valence-electron chi connectivity index (χ2n) is 2.62. The zero-order valence-corrected chi connectivity index (χ0v) is 7.53. The number of amides is 1. The third kappa shape index (κ3) is 2.43. The van der Waals surface area contributed by atoms with Crippen molar-refractivity contribution in [3.05, 3.63) is 6.33 Å². The minimum atomic E-state index is -0.330.